The van der Waals surface area contributed by atoms with Crippen molar-refractivity contribution in [2.24, 2.45) is 5.92 Å². The molecule has 2 fully saturated rings. The number of ether oxygens (including phenoxy) is 2. The molecular formula is C26H32O3. The van der Waals surface area contributed by atoms with E-state index in [9.17, 15) is 4.79 Å². The minimum absolute atomic E-state index is 0.153. The first-order valence-corrected chi connectivity index (χ1v) is 10.8. The summed E-state index contributed by atoms with van der Waals surface area (Å²) in [6.45, 7) is 8.42. The summed E-state index contributed by atoms with van der Waals surface area (Å²) in [6, 6.07) is 14.8. The molecule has 154 valence electrons. The monoisotopic (exact) mass is 392 g/mol. The maximum Gasteiger partial charge on any atom is 0.145 e. The van der Waals surface area contributed by atoms with Crippen molar-refractivity contribution in [3.8, 4) is 0 Å². The molecule has 29 heavy (non-hydrogen) atoms. The summed E-state index contributed by atoms with van der Waals surface area (Å²) in [5, 5.41) is 0. The molecule has 3 nitrogen and oxygen atoms in total. The third kappa shape index (κ3) is 4.46. The Hall–Kier alpha value is -1.97. The van der Waals surface area contributed by atoms with Gasteiger partial charge in [0, 0.05) is 26.1 Å². The van der Waals surface area contributed by atoms with Gasteiger partial charge in [-0.15, -0.1) is 0 Å². The number of hydrogen-bond donors (Lipinski definition) is 0. The van der Waals surface area contributed by atoms with E-state index >= 15 is 0 Å². The van der Waals surface area contributed by atoms with Crippen LogP contribution in [0.3, 0.4) is 0 Å². The van der Waals surface area contributed by atoms with Crippen LogP contribution in [0.15, 0.2) is 42.5 Å². The summed E-state index contributed by atoms with van der Waals surface area (Å²) in [6.07, 6.45) is 3.23. The molecule has 4 rings (SSSR count). The van der Waals surface area contributed by atoms with Crippen LogP contribution in [0.25, 0.3) is 0 Å². The summed E-state index contributed by atoms with van der Waals surface area (Å²) in [5.74, 6) is 0.645. The lowest BCUT2D eigenvalue weighted by atomic mass is 9.75. The van der Waals surface area contributed by atoms with E-state index in [-0.39, 0.29) is 5.92 Å². The van der Waals surface area contributed by atoms with E-state index in [0.29, 0.717) is 24.7 Å². The molecule has 2 aromatic rings. The maximum absolute atomic E-state index is 13.5. The van der Waals surface area contributed by atoms with Crippen LogP contribution in [0.2, 0.25) is 0 Å². The second kappa shape index (κ2) is 8.41. The highest BCUT2D eigenvalue weighted by molar-refractivity contribution is 5.88. The van der Waals surface area contributed by atoms with Gasteiger partial charge in [-0.25, -0.2) is 0 Å². The van der Waals surface area contributed by atoms with E-state index in [0.717, 1.165) is 38.0 Å². The highest BCUT2D eigenvalue weighted by Gasteiger charge is 2.44. The van der Waals surface area contributed by atoms with Crippen LogP contribution in [0, 0.1) is 26.7 Å². The number of Topliss-reactive ketones (excluding diaryl/α,β-unsaturated/α-hetero) is 1. The first-order chi connectivity index (χ1) is 14.0. The van der Waals surface area contributed by atoms with Gasteiger partial charge in [-0.1, -0.05) is 48.0 Å². The van der Waals surface area contributed by atoms with Gasteiger partial charge in [0.1, 0.15) is 5.78 Å². The van der Waals surface area contributed by atoms with Crippen molar-refractivity contribution in [3.05, 3.63) is 70.3 Å². The van der Waals surface area contributed by atoms with Crippen molar-refractivity contribution >= 4 is 5.78 Å². The lowest BCUT2D eigenvalue weighted by molar-refractivity contribution is -0.146. The second-order valence-corrected chi connectivity index (χ2v) is 9.10. The van der Waals surface area contributed by atoms with Gasteiger partial charge < -0.3 is 9.47 Å². The van der Waals surface area contributed by atoms with Crippen molar-refractivity contribution in [1.82, 2.24) is 0 Å². The van der Waals surface area contributed by atoms with Gasteiger partial charge >= 0.3 is 0 Å². The molecule has 0 amide bonds. The van der Waals surface area contributed by atoms with Crippen LogP contribution in [0.1, 0.15) is 53.0 Å². The molecule has 0 saturated carbocycles. The van der Waals surface area contributed by atoms with Crippen LogP contribution >= 0.6 is 0 Å². The fourth-order valence-corrected chi connectivity index (χ4v) is 5.39. The molecule has 0 spiro atoms. The molecule has 0 aromatic heterocycles. The Morgan fingerprint density at radius 1 is 1.03 bits per heavy atom. The molecular weight excluding hydrogens is 360 g/mol. The normalized spacial score (nSPS) is 27.3. The lowest BCUT2D eigenvalue weighted by Gasteiger charge is -2.41. The Labute approximate surface area is 174 Å². The van der Waals surface area contributed by atoms with Gasteiger partial charge in [-0.3, -0.25) is 4.79 Å². The third-order valence-corrected chi connectivity index (χ3v) is 6.58. The molecule has 3 unspecified atom stereocenters. The predicted molar refractivity (Wildman–Crippen MR) is 115 cm³/mol. The molecule has 2 saturated heterocycles. The zero-order valence-corrected chi connectivity index (χ0v) is 17.9. The first-order valence-electron chi connectivity index (χ1n) is 10.8. The van der Waals surface area contributed by atoms with E-state index in [1.807, 2.05) is 6.07 Å². The highest BCUT2D eigenvalue weighted by atomic mass is 16.5. The average molecular weight is 393 g/mol. The summed E-state index contributed by atoms with van der Waals surface area (Å²) >= 11 is 0. The van der Waals surface area contributed by atoms with E-state index in [1.54, 1.807) is 0 Å². The van der Waals surface area contributed by atoms with Crippen LogP contribution in [0.5, 0.6) is 0 Å². The predicted octanol–water partition coefficient (Wildman–Crippen LogP) is 5.09. The Kier molecular flexibility index (Phi) is 5.89. The van der Waals surface area contributed by atoms with Crippen LogP contribution in [-0.4, -0.2) is 31.2 Å². The van der Waals surface area contributed by atoms with Crippen molar-refractivity contribution in [2.45, 2.75) is 58.0 Å². The summed E-state index contributed by atoms with van der Waals surface area (Å²) in [4.78, 5) is 13.5. The van der Waals surface area contributed by atoms with E-state index in [4.69, 9.17) is 9.47 Å². The fourth-order valence-electron chi connectivity index (χ4n) is 5.39. The molecule has 3 atom stereocenters. The van der Waals surface area contributed by atoms with Crippen molar-refractivity contribution in [2.75, 3.05) is 19.8 Å². The summed E-state index contributed by atoms with van der Waals surface area (Å²) < 4.78 is 12.2. The summed E-state index contributed by atoms with van der Waals surface area (Å²) in [7, 11) is 0. The van der Waals surface area contributed by atoms with Gasteiger partial charge in [0.25, 0.3) is 0 Å². The maximum atomic E-state index is 13.5. The fraction of sp³-hybridized carbons (Fsp3) is 0.500. The molecule has 0 bridgehead atoms. The molecule has 0 N–H and O–H groups in total. The number of benzene rings is 2. The van der Waals surface area contributed by atoms with Crippen molar-refractivity contribution in [1.29, 1.82) is 0 Å². The number of hydrogen-bond acceptors (Lipinski definition) is 3. The molecule has 2 aliphatic heterocycles. The Morgan fingerprint density at radius 2 is 1.76 bits per heavy atom. The first kappa shape index (κ1) is 20.3. The number of ketones is 1. The Balaban J connectivity index is 1.59. The van der Waals surface area contributed by atoms with Gasteiger partial charge in [0.15, 0.2) is 0 Å². The third-order valence-electron chi connectivity index (χ3n) is 6.58. The van der Waals surface area contributed by atoms with E-state index in [1.165, 1.54) is 22.3 Å². The molecule has 0 aliphatic carbocycles. The van der Waals surface area contributed by atoms with Crippen LogP contribution in [-0.2, 0) is 20.7 Å². The zero-order chi connectivity index (χ0) is 20.4. The van der Waals surface area contributed by atoms with Gasteiger partial charge in [-0.2, -0.15) is 0 Å². The number of carbonyl (C=O) groups excluding carboxylic acids is 1. The quantitative estimate of drug-likeness (QED) is 0.711. The van der Waals surface area contributed by atoms with Crippen LogP contribution in [0.4, 0.5) is 0 Å². The zero-order valence-electron chi connectivity index (χ0n) is 17.9. The Bertz CT molecular complexity index is 844. The molecule has 3 heteroatoms. The highest BCUT2D eigenvalue weighted by Crippen LogP contribution is 2.40. The molecule has 2 heterocycles. The largest absolute Gasteiger partial charge is 0.381 e. The SMILES string of the molecule is Cc1cc(C)c(C2COC(Cc3ccccc3)(CC3CCOC3)CC2=O)c(C)c1. The molecule has 0 radical (unpaired) electrons. The summed E-state index contributed by atoms with van der Waals surface area (Å²) in [5.41, 5.74) is 5.62. The lowest BCUT2D eigenvalue weighted by Crippen LogP contribution is -2.47. The number of aryl methyl sites for hydroxylation is 3. The number of carbonyl (C=O) groups is 1. The van der Waals surface area contributed by atoms with Gasteiger partial charge in [0.2, 0.25) is 0 Å². The average Bonchev–Trinajstić information content (AvgIpc) is 3.16. The van der Waals surface area contributed by atoms with Crippen molar-refractivity contribution in [3.63, 3.8) is 0 Å². The second-order valence-electron chi connectivity index (χ2n) is 9.10. The molecule has 2 aliphatic rings. The van der Waals surface area contributed by atoms with Gasteiger partial charge in [-0.05, 0) is 61.8 Å². The van der Waals surface area contributed by atoms with E-state index < -0.39 is 5.60 Å². The minimum Gasteiger partial charge on any atom is -0.381 e. The standard InChI is InChI=1S/C26H32O3/c1-18-11-19(2)25(20(3)12-18)23-17-29-26(15-24(23)27,14-22-9-10-28-16-22)13-21-7-5-4-6-8-21/h4-8,11-12,22-23H,9-10,13-17H2,1-3H3. The topological polar surface area (TPSA) is 35.5 Å². The van der Waals surface area contributed by atoms with Crippen molar-refractivity contribution < 1.29 is 14.3 Å². The van der Waals surface area contributed by atoms with E-state index in [2.05, 4.69) is 57.2 Å². The van der Waals surface area contributed by atoms with Gasteiger partial charge in [0.05, 0.1) is 18.1 Å². The smallest absolute Gasteiger partial charge is 0.145 e. The van der Waals surface area contributed by atoms with Crippen LogP contribution < -0.4 is 0 Å². The molecule has 2 aromatic carbocycles. The minimum atomic E-state index is -0.417. The number of rotatable bonds is 5. The Morgan fingerprint density at radius 3 is 2.38 bits per heavy atom.